The third kappa shape index (κ3) is 3.07. The van der Waals surface area contributed by atoms with Crippen LogP contribution in [0.2, 0.25) is 0 Å². The van der Waals surface area contributed by atoms with E-state index in [1.54, 1.807) is 0 Å². The second-order valence-electron chi connectivity index (χ2n) is 6.05. The topological polar surface area (TPSA) is 38.1 Å². The molecule has 0 fully saturated rings. The summed E-state index contributed by atoms with van der Waals surface area (Å²) in [6.07, 6.45) is 5.82. The van der Waals surface area contributed by atoms with Crippen LogP contribution in [0, 0.1) is 0 Å². The van der Waals surface area contributed by atoms with E-state index in [0.717, 1.165) is 36.0 Å². The summed E-state index contributed by atoms with van der Waals surface area (Å²) in [5.41, 5.74) is 2.31. The Morgan fingerprint density at radius 1 is 1.41 bits per heavy atom. The van der Waals surface area contributed by atoms with Gasteiger partial charge in [0.1, 0.15) is 0 Å². The first-order chi connectivity index (χ1) is 7.97. The van der Waals surface area contributed by atoms with Crippen LogP contribution in [0.5, 0.6) is 0 Å². The summed E-state index contributed by atoms with van der Waals surface area (Å²) in [5, 5.41) is 14.6. The first-order valence-corrected chi connectivity index (χ1v) is 6.50. The van der Waals surface area contributed by atoms with Crippen molar-refractivity contribution in [2.75, 3.05) is 27.7 Å². The summed E-state index contributed by atoms with van der Waals surface area (Å²) in [4.78, 5) is 0. The van der Waals surface area contributed by atoms with E-state index in [1.165, 1.54) is 18.5 Å². The molecule has 1 atom stereocenters. The van der Waals surface area contributed by atoms with Gasteiger partial charge >= 0.3 is 0 Å². The number of aliphatic hydroxyl groups excluding tert-OH is 1. The smallest absolute Gasteiger partial charge is 0.0876 e. The molecule has 1 aromatic heterocycles. The van der Waals surface area contributed by atoms with Gasteiger partial charge in [-0.15, -0.1) is 0 Å². The van der Waals surface area contributed by atoms with Crippen LogP contribution in [-0.4, -0.2) is 47.1 Å². The molecule has 96 valence electrons. The van der Waals surface area contributed by atoms with Crippen molar-refractivity contribution in [2.24, 2.45) is 0 Å². The zero-order chi connectivity index (χ0) is 12.5. The minimum Gasteiger partial charge on any atom is -0.388 e. The molecule has 1 N–H and O–H groups in total. The highest BCUT2D eigenvalue weighted by Crippen LogP contribution is 2.25. The van der Waals surface area contributed by atoms with Gasteiger partial charge in [0, 0.05) is 24.2 Å². The Morgan fingerprint density at radius 2 is 2.18 bits per heavy atom. The summed E-state index contributed by atoms with van der Waals surface area (Å²) in [7, 11) is 6.46. The van der Waals surface area contributed by atoms with E-state index >= 15 is 0 Å². The van der Waals surface area contributed by atoms with E-state index < -0.39 is 0 Å². The molecular formula is C13H24N3O+. The second-order valence-corrected chi connectivity index (χ2v) is 6.05. The molecule has 0 bridgehead atoms. The Labute approximate surface area is 103 Å². The van der Waals surface area contributed by atoms with Gasteiger partial charge < -0.3 is 9.59 Å². The summed E-state index contributed by atoms with van der Waals surface area (Å²) in [6, 6.07) is 0. The number of hydrogen-bond acceptors (Lipinski definition) is 2. The molecule has 1 aromatic rings. The van der Waals surface area contributed by atoms with Gasteiger partial charge in [-0.25, -0.2) is 0 Å². The van der Waals surface area contributed by atoms with E-state index in [2.05, 4.69) is 30.9 Å². The number of aromatic nitrogens is 2. The molecule has 17 heavy (non-hydrogen) atoms. The van der Waals surface area contributed by atoms with Gasteiger partial charge in [-0.1, -0.05) is 0 Å². The number of fused-ring (bicyclic) bond motifs is 1. The Balaban J connectivity index is 2.04. The predicted molar refractivity (Wildman–Crippen MR) is 67.6 cm³/mol. The minimum absolute atomic E-state index is 0.353. The summed E-state index contributed by atoms with van der Waals surface area (Å²) >= 11 is 0. The average Bonchev–Trinajstić information content (AvgIpc) is 2.68. The summed E-state index contributed by atoms with van der Waals surface area (Å²) in [5.74, 6) is 0. The maximum atomic E-state index is 10.3. The van der Waals surface area contributed by atoms with Crippen molar-refractivity contribution in [1.82, 2.24) is 9.78 Å². The van der Waals surface area contributed by atoms with Crippen LogP contribution in [0.4, 0.5) is 0 Å². The van der Waals surface area contributed by atoms with Crippen molar-refractivity contribution >= 4 is 0 Å². The molecule has 1 aliphatic heterocycles. The summed E-state index contributed by atoms with van der Waals surface area (Å²) < 4.78 is 2.95. The van der Waals surface area contributed by atoms with Crippen LogP contribution >= 0.6 is 0 Å². The van der Waals surface area contributed by atoms with E-state index in [1.807, 2.05) is 6.20 Å². The number of hydrogen-bond donors (Lipinski definition) is 1. The zero-order valence-corrected chi connectivity index (χ0v) is 11.2. The fourth-order valence-corrected chi connectivity index (χ4v) is 2.39. The molecule has 1 unspecified atom stereocenters. The molecule has 0 saturated heterocycles. The Kier molecular flexibility index (Phi) is 3.54. The molecule has 0 radical (unpaired) electrons. The van der Waals surface area contributed by atoms with Gasteiger partial charge in [0.2, 0.25) is 0 Å². The lowest BCUT2D eigenvalue weighted by Crippen LogP contribution is -2.36. The predicted octanol–water partition coefficient (Wildman–Crippen LogP) is 1.35. The number of aryl methyl sites for hydroxylation is 1. The molecule has 2 heterocycles. The van der Waals surface area contributed by atoms with Gasteiger partial charge in [-0.3, -0.25) is 4.68 Å². The van der Waals surface area contributed by atoms with Gasteiger partial charge in [0.25, 0.3) is 0 Å². The van der Waals surface area contributed by atoms with E-state index in [4.69, 9.17) is 0 Å². The zero-order valence-electron chi connectivity index (χ0n) is 11.2. The SMILES string of the molecule is C[N+](C)(C)CCC(O)c1cnn2c1CCCC2. The van der Waals surface area contributed by atoms with Crippen molar-refractivity contribution < 1.29 is 9.59 Å². The second kappa shape index (κ2) is 4.78. The average molecular weight is 238 g/mol. The minimum atomic E-state index is -0.353. The molecule has 0 amide bonds. The lowest BCUT2D eigenvalue weighted by atomic mass is 10.0. The number of aliphatic hydroxyl groups is 1. The molecule has 2 rings (SSSR count). The lowest BCUT2D eigenvalue weighted by molar-refractivity contribution is -0.871. The van der Waals surface area contributed by atoms with Gasteiger partial charge in [0.05, 0.1) is 40.0 Å². The van der Waals surface area contributed by atoms with Crippen LogP contribution in [0.25, 0.3) is 0 Å². The highest BCUT2D eigenvalue weighted by atomic mass is 16.3. The Morgan fingerprint density at radius 3 is 2.88 bits per heavy atom. The number of rotatable bonds is 4. The van der Waals surface area contributed by atoms with Crippen molar-refractivity contribution in [3.63, 3.8) is 0 Å². The van der Waals surface area contributed by atoms with E-state index in [9.17, 15) is 5.11 Å². The van der Waals surface area contributed by atoms with Gasteiger partial charge in [0.15, 0.2) is 0 Å². The molecule has 4 nitrogen and oxygen atoms in total. The van der Waals surface area contributed by atoms with Gasteiger partial charge in [-0.05, 0) is 19.3 Å². The third-order valence-corrected chi connectivity index (χ3v) is 3.45. The van der Waals surface area contributed by atoms with Crippen LogP contribution in [0.1, 0.15) is 36.6 Å². The largest absolute Gasteiger partial charge is 0.388 e. The quantitative estimate of drug-likeness (QED) is 0.804. The standard InChI is InChI=1S/C13H24N3O/c1-16(2,3)9-7-13(17)11-10-14-15-8-5-4-6-12(11)15/h10,13,17H,4-9H2,1-3H3/q+1. The normalized spacial score (nSPS) is 17.9. The molecule has 0 aliphatic carbocycles. The Hall–Kier alpha value is -0.870. The van der Waals surface area contributed by atoms with Crippen molar-refractivity contribution in [1.29, 1.82) is 0 Å². The molecule has 0 spiro atoms. The monoisotopic (exact) mass is 238 g/mol. The summed E-state index contributed by atoms with van der Waals surface area (Å²) in [6.45, 7) is 1.99. The number of nitrogens with zero attached hydrogens (tertiary/aromatic N) is 3. The molecule has 0 aromatic carbocycles. The molecule has 0 saturated carbocycles. The van der Waals surface area contributed by atoms with Gasteiger partial charge in [-0.2, -0.15) is 5.10 Å². The van der Waals surface area contributed by atoms with E-state index in [0.29, 0.717) is 0 Å². The first kappa shape index (κ1) is 12.6. The van der Waals surface area contributed by atoms with Crippen molar-refractivity contribution in [3.05, 3.63) is 17.5 Å². The fourth-order valence-electron chi connectivity index (χ4n) is 2.39. The lowest BCUT2D eigenvalue weighted by Gasteiger charge is -2.25. The van der Waals surface area contributed by atoms with Crippen LogP contribution in [0.3, 0.4) is 0 Å². The molecule has 4 heteroatoms. The van der Waals surface area contributed by atoms with Crippen molar-refractivity contribution in [2.45, 2.75) is 38.3 Å². The van der Waals surface area contributed by atoms with Crippen LogP contribution in [-0.2, 0) is 13.0 Å². The molecule has 1 aliphatic rings. The highest BCUT2D eigenvalue weighted by molar-refractivity contribution is 5.21. The maximum Gasteiger partial charge on any atom is 0.0876 e. The number of quaternary nitrogens is 1. The third-order valence-electron chi connectivity index (χ3n) is 3.45. The Bertz CT molecular complexity index is 379. The molecular weight excluding hydrogens is 214 g/mol. The fraction of sp³-hybridized carbons (Fsp3) is 0.769. The first-order valence-electron chi connectivity index (χ1n) is 6.50. The highest BCUT2D eigenvalue weighted by Gasteiger charge is 2.21. The van der Waals surface area contributed by atoms with E-state index in [-0.39, 0.29) is 6.10 Å². The van der Waals surface area contributed by atoms with Crippen LogP contribution in [0.15, 0.2) is 6.20 Å². The van der Waals surface area contributed by atoms with Crippen molar-refractivity contribution in [3.8, 4) is 0 Å². The maximum absolute atomic E-state index is 10.3. The van der Waals surface area contributed by atoms with Crippen LogP contribution < -0.4 is 0 Å².